The van der Waals surface area contributed by atoms with E-state index in [1.165, 1.54) is 0 Å². The molecule has 2 aromatic rings. The molecule has 0 aliphatic carbocycles. The van der Waals surface area contributed by atoms with Crippen molar-refractivity contribution in [3.63, 3.8) is 0 Å². The lowest BCUT2D eigenvalue weighted by Crippen LogP contribution is -2.09. The van der Waals surface area contributed by atoms with Crippen LogP contribution >= 0.6 is 23.8 Å². The number of nitrogens with two attached hydrogens (primary N) is 1. The van der Waals surface area contributed by atoms with Crippen LogP contribution in [-0.2, 0) is 0 Å². The third kappa shape index (κ3) is 2.97. The Kier molecular flexibility index (Phi) is 3.79. The molecule has 0 fully saturated rings. The van der Waals surface area contributed by atoms with Gasteiger partial charge in [0.25, 0.3) is 0 Å². The van der Waals surface area contributed by atoms with E-state index in [2.05, 4.69) is 10.3 Å². The van der Waals surface area contributed by atoms with Gasteiger partial charge in [0.2, 0.25) is 0 Å². The van der Waals surface area contributed by atoms with Crippen LogP contribution in [0.15, 0.2) is 36.5 Å². The Morgan fingerprint density at radius 3 is 2.78 bits per heavy atom. The van der Waals surface area contributed by atoms with Crippen molar-refractivity contribution in [2.45, 2.75) is 6.92 Å². The van der Waals surface area contributed by atoms with Gasteiger partial charge in [-0.05, 0) is 36.8 Å². The number of pyridine rings is 1. The van der Waals surface area contributed by atoms with Gasteiger partial charge in [-0.25, -0.2) is 4.98 Å². The van der Waals surface area contributed by atoms with Gasteiger partial charge < -0.3 is 11.1 Å². The van der Waals surface area contributed by atoms with E-state index >= 15 is 0 Å². The first-order valence-electron chi connectivity index (χ1n) is 5.35. The molecule has 0 unspecified atom stereocenters. The summed E-state index contributed by atoms with van der Waals surface area (Å²) in [4.78, 5) is 4.55. The lowest BCUT2D eigenvalue weighted by atomic mass is 10.2. The molecule has 2 rings (SSSR count). The van der Waals surface area contributed by atoms with E-state index < -0.39 is 0 Å². The predicted octanol–water partition coefficient (Wildman–Crippen LogP) is 3.42. The molecule has 3 N–H and O–H groups in total. The molecule has 92 valence electrons. The van der Waals surface area contributed by atoms with Crippen LogP contribution < -0.4 is 11.1 Å². The number of hydrogen-bond acceptors (Lipinski definition) is 3. The second-order valence-corrected chi connectivity index (χ2v) is 4.73. The molecule has 1 aromatic carbocycles. The third-order valence-corrected chi connectivity index (χ3v) is 3.13. The van der Waals surface area contributed by atoms with Crippen molar-refractivity contribution in [1.82, 2.24) is 4.98 Å². The van der Waals surface area contributed by atoms with E-state index in [4.69, 9.17) is 29.6 Å². The van der Waals surface area contributed by atoms with Crippen molar-refractivity contribution >= 4 is 40.3 Å². The van der Waals surface area contributed by atoms with E-state index in [0.29, 0.717) is 15.8 Å². The van der Waals surface area contributed by atoms with Crippen molar-refractivity contribution in [2.24, 2.45) is 5.73 Å². The van der Waals surface area contributed by atoms with Crippen molar-refractivity contribution < 1.29 is 0 Å². The average molecular weight is 278 g/mol. The quantitative estimate of drug-likeness (QED) is 0.844. The summed E-state index contributed by atoms with van der Waals surface area (Å²) in [6.45, 7) is 1.96. The highest BCUT2D eigenvalue weighted by Crippen LogP contribution is 2.22. The van der Waals surface area contributed by atoms with Crippen LogP contribution in [-0.4, -0.2) is 9.97 Å². The molecule has 0 aliphatic rings. The minimum Gasteiger partial charge on any atom is -0.389 e. The van der Waals surface area contributed by atoms with Crippen LogP contribution in [0.4, 0.5) is 11.5 Å². The van der Waals surface area contributed by atoms with E-state index in [0.717, 1.165) is 16.8 Å². The zero-order valence-corrected chi connectivity index (χ0v) is 11.3. The Labute approximate surface area is 116 Å². The number of rotatable bonds is 3. The Morgan fingerprint density at radius 1 is 1.33 bits per heavy atom. The van der Waals surface area contributed by atoms with Gasteiger partial charge in [0, 0.05) is 22.5 Å². The summed E-state index contributed by atoms with van der Waals surface area (Å²) in [5.41, 5.74) is 8.26. The maximum Gasteiger partial charge on any atom is 0.130 e. The van der Waals surface area contributed by atoms with Gasteiger partial charge in [-0.15, -0.1) is 0 Å². The second kappa shape index (κ2) is 5.33. The number of nitrogens with zero attached hydrogens (tertiary/aromatic N) is 1. The van der Waals surface area contributed by atoms with Gasteiger partial charge >= 0.3 is 0 Å². The first-order chi connectivity index (χ1) is 8.56. The monoisotopic (exact) mass is 277 g/mol. The molecule has 0 saturated carbocycles. The topological polar surface area (TPSA) is 50.9 Å². The molecule has 0 radical (unpaired) electrons. The Balaban J connectivity index is 2.25. The smallest absolute Gasteiger partial charge is 0.130 e. The summed E-state index contributed by atoms with van der Waals surface area (Å²) in [5.74, 6) is 0.681. The fourth-order valence-corrected chi connectivity index (χ4v) is 1.78. The molecule has 5 heteroatoms. The molecular weight excluding hydrogens is 266 g/mol. The van der Waals surface area contributed by atoms with Crippen molar-refractivity contribution in [2.75, 3.05) is 5.32 Å². The van der Waals surface area contributed by atoms with Crippen LogP contribution in [0.2, 0.25) is 5.02 Å². The second-order valence-electron chi connectivity index (χ2n) is 3.88. The molecule has 18 heavy (non-hydrogen) atoms. The predicted molar refractivity (Wildman–Crippen MR) is 79.6 cm³/mol. The summed E-state index contributed by atoms with van der Waals surface area (Å²) >= 11 is 11.0. The molecule has 1 heterocycles. The Hall–Kier alpha value is -1.65. The molecule has 0 aliphatic heterocycles. The minimum atomic E-state index is 0.349. The fraction of sp³-hybridized carbons (Fsp3) is 0.0769. The first-order valence-corrected chi connectivity index (χ1v) is 6.14. The van der Waals surface area contributed by atoms with Crippen LogP contribution in [0.3, 0.4) is 0 Å². The van der Waals surface area contributed by atoms with Crippen molar-refractivity contribution in [3.05, 3.63) is 52.7 Å². The Bertz CT molecular complexity index is 599. The highest BCUT2D eigenvalue weighted by Gasteiger charge is 2.02. The molecule has 0 bridgehead atoms. The summed E-state index contributed by atoms with van der Waals surface area (Å²) < 4.78 is 0. The number of anilines is 2. The maximum absolute atomic E-state index is 6.06. The number of aryl methyl sites for hydroxylation is 1. The summed E-state index contributed by atoms with van der Waals surface area (Å²) in [6, 6.07) is 9.32. The van der Waals surface area contributed by atoms with Crippen LogP contribution in [0, 0.1) is 6.92 Å². The highest BCUT2D eigenvalue weighted by molar-refractivity contribution is 7.80. The number of hydrogen-bond donors (Lipinski definition) is 2. The molecule has 0 amide bonds. The molecular formula is C13H12ClN3S. The summed E-state index contributed by atoms with van der Waals surface area (Å²) in [6.07, 6.45) is 1.66. The van der Waals surface area contributed by atoms with Crippen LogP contribution in [0.1, 0.15) is 11.1 Å². The van der Waals surface area contributed by atoms with Gasteiger partial charge in [-0.2, -0.15) is 0 Å². The number of thiocarbonyl (C=S) groups is 1. The van der Waals surface area contributed by atoms with E-state index in [9.17, 15) is 0 Å². The normalized spacial score (nSPS) is 10.1. The number of halogens is 1. The first kappa shape index (κ1) is 12.8. The summed E-state index contributed by atoms with van der Waals surface area (Å²) in [5, 5.41) is 3.87. The van der Waals surface area contributed by atoms with E-state index in [1.54, 1.807) is 18.3 Å². The lowest BCUT2D eigenvalue weighted by Gasteiger charge is -2.08. The number of benzene rings is 1. The maximum atomic E-state index is 6.06. The number of aromatic nitrogens is 1. The van der Waals surface area contributed by atoms with E-state index in [-0.39, 0.29) is 0 Å². The zero-order chi connectivity index (χ0) is 13.1. The lowest BCUT2D eigenvalue weighted by molar-refractivity contribution is 1.30. The fourth-order valence-electron chi connectivity index (χ4n) is 1.47. The van der Waals surface area contributed by atoms with E-state index in [1.807, 2.05) is 25.1 Å². The van der Waals surface area contributed by atoms with Gasteiger partial charge in [0.15, 0.2) is 0 Å². The summed E-state index contributed by atoms with van der Waals surface area (Å²) in [7, 11) is 0. The highest BCUT2D eigenvalue weighted by atomic mass is 35.5. The van der Waals surface area contributed by atoms with Crippen molar-refractivity contribution in [1.29, 1.82) is 0 Å². The van der Waals surface area contributed by atoms with Gasteiger partial charge in [0.05, 0.1) is 0 Å². The van der Waals surface area contributed by atoms with Gasteiger partial charge in [-0.3, -0.25) is 0 Å². The Morgan fingerprint density at radius 2 is 2.11 bits per heavy atom. The largest absolute Gasteiger partial charge is 0.389 e. The molecule has 0 saturated heterocycles. The number of nitrogens with one attached hydrogen (secondary N) is 1. The van der Waals surface area contributed by atoms with Crippen LogP contribution in [0.5, 0.6) is 0 Å². The van der Waals surface area contributed by atoms with Crippen LogP contribution in [0.25, 0.3) is 0 Å². The molecule has 0 spiro atoms. The van der Waals surface area contributed by atoms with Gasteiger partial charge in [0.1, 0.15) is 10.8 Å². The molecule has 3 nitrogen and oxygen atoms in total. The minimum absolute atomic E-state index is 0.349. The molecule has 0 atom stereocenters. The standard InChI is InChI=1S/C13H12ClN3S/c1-8-2-3-10(7-11(8)14)17-12-6-9(13(15)18)4-5-16-12/h2-7H,1H3,(H2,15,18)(H,16,17). The SMILES string of the molecule is Cc1ccc(Nc2cc(C(N)=S)ccn2)cc1Cl. The zero-order valence-electron chi connectivity index (χ0n) is 9.77. The average Bonchev–Trinajstić information content (AvgIpc) is 2.34. The van der Waals surface area contributed by atoms with Gasteiger partial charge in [-0.1, -0.05) is 29.9 Å². The third-order valence-electron chi connectivity index (χ3n) is 2.49. The van der Waals surface area contributed by atoms with Crippen molar-refractivity contribution in [3.8, 4) is 0 Å². The molecule has 1 aromatic heterocycles.